The van der Waals surface area contributed by atoms with Crippen LogP contribution in [0, 0.1) is 6.54 Å². The summed E-state index contributed by atoms with van der Waals surface area (Å²) < 4.78 is 50.7. The summed E-state index contributed by atoms with van der Waals surface area (Å²) in [6.45, 7) is 6.12. The summed E-state index contributed by atoms with van der Waals surface area (Å²) in [7, 11) is 0. The van der Waals surface area contributed by atoms with Gasteiger partial charge in [0, 0.05) is 39.1 Å². The topological polar surface area (TPSA) is 41.1 Å². The predicted octanol–water partition coefficient (Wildman–Crippen LogP) is 2.33. The molecule has 0 bridgehead atoms. The van der Waals surface area contributed by atoms with Gasteiger partial charge in [0.25, 0.3) is 0 Å². The van der Waals surface area contributed by atoms with Crippen LogP contribution in [0.3, 0.4) is 0 Å². The first-order valence-corrected chi connectivity index (χ1v) is 5.57. The van der Waals surface area contributed by atoms with Gasteiger partial charge in [-0.3, -0.25) is 10.1 Å². The molecule has 0 saturated heterocycles. The monoisotopic (exact) mass is 360 g/mol. The van der Waals surface area contributed by atoms with Crippen LogP contribution < -0.4 is 10.6 Å². The Kier molecular flexibility index (Phi) is 9.66. The first-order chi connectivity index (χ1) is 7.97. The molecule has 0 aliphatic carbocycles. The van der Waals surface area contributed by atoms with Crippen molar-refractivity contribution >= 4 is 5.91 Å². The Morgan fingerprint density at radius 1 is 1.26 bits per heavy atom. The summed E-state index contributed by atoms with van der Waals surface area (Å²) in [6.07, 6.45) is -4.82. The molecule has 0 aromatic carbocycles. The fraction of sp³-hybridized carbons (Fsp3) is 0.818. The van der Waals surface area contributed by atoms with Gasteiger partial charge in [-0.25, -0.2) is 10.9 Å². The first-order valence-electron chi connectivity index (χ1n) is 5.57. The van der Waals surface area contributed by atoms with E-state index in [0.29, 0.717) is 0 Å². The molecule has 1 amide bonds. The third-order valence-corrected chi connectivity index (χ3v) is 2.23. The van der Waals surface area contributed by atoms with E-state index in [-0.39, 0.29) is 39.1 Å². The summed E-state index contributed by atoms with van der Waals surface area (Å²) in [5, 5.41) is 4.37. The molecule has 3 nitrogen and oxygen atoms in total. The molecular formula is C11H19F4N2OY-. The molecule has 1 radical (unpaired) electrons. The van der Waals surface area contributed by atoms with Crippen molar-refractivity contribution in [2.24, 2.45) is 0 Å². The smallest absolute Gasteiger partial charge is 0.403 e. The number of hydrogen-bond acceptors (Lipinski definition) is 2. The van der Waals surface area contributed by atoms with E-state index in [1.54, 1.807) is 0 Å². The van der Waals surface area contributed by atoms with Gasteiger partial charge in [0.15, 0.2) is 0 Å². The van der Waals surface area contributed by atoms with E-state index in [2.05, 4.69) is 10.6 Å². The van der Waals surface area contributed by atoms with Gasteiger partial charge in [-0.15, -0.1) is 0 Å². The molecule has 0 heterocycles. The van der Waals surface area contributed by atoms with Crippen LogP contribution in [0.2, 0.25) is 0 Å². The number of nitrogens with one attached hydrogen (secondary N) is 2. The fourth-order valence-electron chi connectivity index (χ4n) is 1.35. The van der Waals surface area contributed by atoms with Crippen molar-refractivity contribution in [2.75, 3.05) is 0 Å². The Hall–Kier alpha value is 0.254. The first kappa shape index (κ1) is 21.6. The largest absolute Gasteiger partial charge is 0.505 e. The van der Waals surface area contributed by atoms with E-state index in [4.69, 9.17) is 0 Å². The molecule has 0 aromatic rings. The number of carbonyl (C=O) groups excluding carboxylic acids is 1. The van der Waals surface area contributed by atoms with Crippen LogP contribution >= 0.6 is 0 Å². The van der Waals surface area contributed by atoms with Crippen LogP contribution in [0.1, 0.15) is 34.1 Å². The summed E-state index contributed by atoms with van der Waals surface area (Å²) >= 11 is 0. The zero-order valence-electron chi connectivity index (χ0n) is 11.4. The predicted molar refractivity (Wildman–Crippen MR) is 60.4 cm³/mol. The maximum Gasteiger partial charge on any atom is 0.403 e. The van der Waals surface area contributed by atoms with Crippen molar-refractivity contribution in [3.63, 3.8) is 0 Å². The van der Waals surface area contributed by atoms with Crippen LogP contribution in [0.4, 0.5) is 17.6 Å². The molecule has 0 spiro atoms. The summed E-state index contributed by atoms with van der Waals surface area (Å²) in [6, 6.07) is -3.12. The number of amides is 1. The van der Waals surface area contributed by atoms with Crippen molar-refractivity contribution in [1.29, 1.82) is 0 Å². The average Bonchev–Trinajstić information content (AvgIpc) is 2.13. The minimum absolute atomic E-state index is 0. The second kappa shape index (κ2) is 8.52. The summed E-state index contributed by atoms with van der Waals surface area (Å²) in [5.41, 5.74) is -1.74. The Labute approximate surface area is 136 Å². The van der Waals surface area contributed by atoms with Crippen molar-refractivity contribution in [3.8, 4) is 0 Å². The standard InChI is InChI=1S/C11H19F4N2O.Y/c1-5-16-9(18)8(6-10(3,4)12)17-7(2)11(13,14)15;/h5,7-8,17H,6H2,1-4H3,(H,16,18);/q-1;/t7-,8-;/m0./s1. The molecular weight excluding hydrogens is 341 g/mol. The van der Waals surface area contributed by atoms with E-state index in [0.717, 1.165) is 6.92 Å². The van der Waals surface area contributed by atoms with Gasteiger partial charge < -0.3 is 5.32 Å². The summed E-state index contributed by atoms with van der Waals surface area (Å²) in [4.78, 5) is 11.5. The van der Waals surface area contributed by atoms with Gasteiger partial charge in [-0.2, -0.15) is 20.1 Å². The zero-order valence-corrected chi connectivity index (χ0v) is 14.3. The number of rotatable bonds is 6. The van der Waals surface area contributed by atoms with Crippen LogP contribution in [0.5, 0.6) is 0 Å². The molecule has 2 N–H and O–H groups in total. The van der Waals surface area contributed by atoms with Crippen LogP contribution in [0.25, 0.3) is 0 Å². The fourth-order valence-corrected chi connectivity index (χ4v) is 1.35. The number of hydrogen-bond donors (Lipinski definition) is 2. The maximum atomic E-state index is 13.5. The molecule has 0 saturated carbocycles. The van der Waals surface area contributed by atoms with Gasteiger partial charge in [0.2, 0.25) is 5.91 Å². The van der Waals surface area contributed by atoms with E-state index < -0.39 is 29.8 Å². The van der Waals surface area contributed by atoms with Gasteiger partial charge in [0.1, 0.15) is 11.7 Å². The zero-order chi connectivity index (χ0) is 14.6. The molecule has 2 atom stereocenters. The van der Waals surface area contributed by atoms with Gasteiger partial charge >= 0.3 is 6.18 Å². The second-order valence-corrected chi connectivity index (χ2v) is 4.70. The van der Waals surface area contributed by atoms with E-state index in [1.165, 1.54) is 27.3 Å². The van der Waals surface area contributed by atoms with Crippen LogP contribution in [-0.2, 0) is 37.5 Å². The third-order valence-electron chi connectivity index (χ3n) is 2.23. The number of alkyl halides is 4. The Morgan fingerprint density at radius 3 is 2.05 bits per heavy atom. The van der Waals surface area contributed by atoms with Gasteiger partial charge in [-0.1, -0.05) is 0 Å². The molecule has 0 unspecified atom stereocenters. The van der Waals surface area contributed by atoms with Gasteiger partial charge in [0.05, 0.1) is 6.04 Å². The SMILES string of the molecule is C[CH-]NC(=O)[C@H](CC(C)(C)F)N[C@@H](C)C(F)(F)F.[Y]. The van der Waals surface area contributed by atoms with Gasteiger partial charge in [-0.05, 0) is 20.8 Å². The van der Waals surface area contributed by atoms with Crippen LogP contribution in [-0.4, -0.2) is 29.8 Å². The molecule has 0 aromatic heterocycles. The van der Waals surface area contributed by atoms with E-state index in [9.17, 15) is 22.4 Å². The Balaban J connectivity index is 0. The van der Waals surface area contributed by atoms with Crippen LogP contribution in [0.15, 0.2) is 0 Å². The molecule has 0 fully saturated rings. The van der Waals surface area contributed by atoms with Crippen molar-refractivity contribution in [1.82, 2.24) is 10.6 Å². The van der Waals surface area contributed by atoms with Crippen molar-refractivity contribution < 1.29 is 55.1 Å². The molecule has 8 heteroatoms. The molecule has 19 heavy (non-hydrogen) atoms. The molecule has 0 aliphatic heterocycles. The Morgan fingerprint density at radius 2 is 1.74 bits per heavy atom. The summed E-state index contributed by atoms with van der Waals surface area (Å²) in [5.74, 6) is -0.681. The number of carbonyl (C=O) groups is 1. The molecule has 111 valence electrons. The number of halogens is 4. The Bertz CT molecular complexity index is 279. The maximum absolute atomic E-state index is 13.5. The second-order valence-electron chi connectivity index (χ2n) is 4.70. The minimum atomic E-state index is -4.48. The quantitative estimate of drug-likeness (QED) is 0.564. The van der Waals surface area contributed by atoms with Crippen molar-refractivity contribution in [3.05, 3.63) is 6.54 Å². The minimum Gasteiger partial charge on any atom is -0.505 e. The van der Waals surface area contributed by atoms with E-state index in [1.807, 2.05) is 0 Å². The molecule has 0 aliphatic rings. The third kappa shape index (κ3) is 9.74. The average molecular weight is 360 g/mol. The van der Waals surface area contributed by atoms with Crippen molar-refractivity contribution in [2.45, 2.75) is 58.0 Å². The van der Waals surface area contributed by atoms with E-state index >= 15 is 0 Å². The normalized spacial score (nSPS) is 15.4. The molecule has 0 rings (SSSR count).